The third-order valence-corrected chi connectivity index (χ3v) is 5.56. The summed E-state index contributed by atoms with van der Waals surface area (Å²) in [6.07, 6.45) is 1.27. The van der Waals surface area contributed by atoms with Gasteiger partial charge in [-0.1, -0.05) is 42.8 Å². The number of methoxy groups -OCH3 is 2. The summed E-state index contributed by atoms with van der Waals surface area (Å²) in [6.45, 7) is 5.99. The molecular weight excluding hydrogens is 428 g/mol. The Morgan fingerprint density at radius 3 is 2.34 bits per heavy atom. The normalized spacial score (nSPS) is 11.7. The lowest BCUT2D eigenvalue weighted by Gasteiger charge is -2.31. The van der Waals surface area contributed by atoms with Gasteiger partial charge in [0, 0.05) is 24.0 Å². The second-order valence-electron chi connectivity index (χ2n) is 7.89. The molecule has 0 aliphatic carbocycles. The van der Waals surface area contributed by atoms with Gasteiger partial charge in [-0.25, -0.2) is 0 Å². The van der Waals surface area contributed by atoms with Crippen molar-refractivity contribution >= 4 is 23.4 Å². The van der Waals surface area contributed by atoms with E-state index in [2.05, 4.69) is 5.32 Å². The van der Waals surface area contributed by atoms with Crippen molar-refractivity contribution in [1.29, 1.82) is 0 Å². The van der Waals surface area contributed by atoms with E-state index in [1.807, 2.05) is 57.2 Å². The lowest BCUT2D eigenvalue weighted by Crippen LogP contribution is -2.50. The Hall–Kier alpha value is -2.73. The Balaban J connectivity index is 2.24. The van der Waals surface area contributed by atoms with Crippen molar-refractivity contribution in [3.63, 3.8) is 0 Å². The topological polar surface area (TPSA) is 67.9 Å². The summed E-state index contributed by atoms with van der Waals surface area (Å²) in [5.41, 5.74) is 1.76. The van der Waals surface area contributed by atoms with Crippen LogP contribution in [0.15, 0.2) is 42.5 Å². The van der Waals surface area contributed by atoms with Gasteiger partial charge in [0.2, 0.25) is 11.8 Å². The van der Waals surface area contributed by atoms with Crippen LogP contribution < -0.4 is 14.8 Å². The second-order valence-corrected chi connectivity index (χ2v) is 8.30. The van der Waals surface area contributed by atoms with Crippen LogP contribution in [0, 0.1) is 0 Å². The monoisotopic (exact) mass is 460 g/mol. The lowest BCUT2D eigenvalue weighted by molar-refractivity contribution is -0.141. The Morgan fingerprint density at radius 2 is 1.75 bits per heavy atom. The van der Waals surface area contributed by atoms with Gasteiger partial charge in [0.05, 0.1) is 14.2 Å². The minimum absolute atomic E-state index is 0.0134. The number of carbonyl (C=O) groups is 2. The van der Waals surface area contributed by atoms with Gasteiger partial charge in [-0.2, -0.15) is 0 Å². The van der Waals surface area contributed by atoms with Crippen LogP contribution in [0.1, 0.15) is 44.7 Å². The Bertz CT molecular complexity index is 917. The van der Waals surface area contributed by atoms with Gasteiger partial charge in [-0.15, -0.1) is 0 Å². The molecule has 0 aliphatic rings. The zero-order chi connectivity index (χ0) is 23.7. The molecule has 6 nitrogen and oxygen atoms in total. The standard InChI is InChI=1S/C25H33ClN2O4/c1-6-21(25(30)27-17(2)3)28(16-19-9-7-8-10-20(19)26)24(29)14-12-18-11-13-22(31-4)23(15-18)32-5/h7-11,13,15,17,21H,6,12,14,16H2,1-5H3,(H,27,30)/t21-/m0/s1. The van der Waals surface area contributed by atoms with Crippen LogP contribution in [-0.2, 0) is 22.6 Å². The molecule has 0 saturated heterocycles. The first-order valence-electron chi connectivity index (χ1n) is 10.8. The van der Waals surface area contributed by atoms with Crippen molar-refractivity contribution in [3.8, 4) is 11.5 Å². The molecule has 0 aliphatic heterocycles. The smallest absolute Gasteiger partial charge is 0.243 e. The van der Waals surface area contributed by atoms with E-state index in [9.17, 15) is 9.59 Å². The number of rotatable bonds is 11. The zero-order valence-corrected chi connectivity index (χ0v) is 20.2. The Morgan fingerprint density at radius 1 is 1.06 bits per heavy atom. The van der Waals surface area contributed by atoms with Gasteiger partial charge in [-0.05, 0) is 56.0 Å². The Kier molecular flexibility index (Phi) is 9.85. The van der Waals surface area contributed by atoms with Gasteiger partial charge < -0.3 is 19.7 Å². The summed E-state index contributed by atoms with van der Waals surface area (Å²) in [4.78, 5) is 27.9. The molecule has 2 amide bonds. The number of nitrogens with one attached hydrogen (secondary N) is 1. The Labute approximate surface area is 195 Å². The maximum absolute atomic E-state index is 13.3. The first-order valence-corrected chi connectivity index (χ1v) is 11.2. The fourth-order valence-corrected chi connectivity index (χ4v) is 3.74. The average Bonchev–Trinajstić information content (AvgIpc) is 2.77. The molecule has 0 spiro atoms. The fourth-order valence-electron chi connectivity index (χ4n) is 3.54. The number of hydrogen-bond acceptors (Lipinski definition) is 4. The predicted octanol–water partition coefficient (Wildman–Crippen LogP) is 4.62. The summed E-state index contributed by atoms with van der Waals surface area (Å²) in [7, 11) is 3.16. The number of amides is 2. The largest absolute Gasteiger partial charge is 0.493 e. The van der Waals surface area contributed by atoms with Gasteiger partial charge in [0.15, 0.2) is 11.5 Å². The molecule has 0 aromatic heterocycles. The van der Waals surface area contributed by atoms with Gasteiger partial charge >= 0.3 is 0 Å². The van der Waals surface area contributed by atoms with Crippen molar-refractivity contribution in [2.45, 2.75) is 58.7 Å². The quantitative estimate of drug-likeness (QED) is 0.531. The molecule has 0 heterocycles. The molecule has 0 radical (unpaired) electrons. The van der Waals surface area contributed by atoms with Crippen molar-refractivity contribution < 1.29 is 19.1 Å². The van der Waals surface area contributed by atoms with Gasteiger partial charge in [0.25, 0.3) is 0 Å². The van der Waals surface area contributed by atoms with Crippen LogP contribution in [0.5, 0.6) is 11.5 Å². The maximum Gasteiger partial charge on any atom is 0.243 e. The molecule has 1 N–H and O–H groups in total. The predicted molar refractivity (Wildman–Crippen MR) is 127 cm³/mol. The second kappa shape index (κ2) is 12.3. The number of benzene rings is 2. The van der Waals surface area contributed by atoms with E-state index in [1.165, 1.54) is 0 Å². The molecule has 32 heavy (non-hydrogen) atoms. The lowest BCUT2D eigenvalue weighted by atomic mass is 10.1. The van der Waals surface area contributed by atoms with Crippen molar-refractivity contribution in [1.82, 2.24) is 10.2 Å². The summed E-state index contributed by atoms with van der Waals surface area (Å²) in [5, 5.41) is 3.51. The van der Waals surface area contributed by atoms with E-state index >= 15 is 0 Å². The minimum Gasteiger partial charge on any atom is -0.493 e. The van der Waals surface area contributed by atoms with E-state index in [1.54, 1.807) is 25.2 Å². The molecule has 1 atom stereocenters. The van der Waals surface area contributed by atoms with E-state index in [0.29, 0.717) is 29.4 Å². The van der Waals surface area contributed by atoms with E-state index in [-0.39, 0.29) is 30.8 Å². The number of hydrogen-bond donors (Lipinski definition) is 1. The fraction of sp³-hybridized carbons (Fsp3) is 0.440. The molecule has 2 aromatic rings. The molecule has 0 unspecified atom stereocenters. The summed E-state index contributed by atoms with van der Waals surface area (Å²) in [6, 6.07) is 12.4. The number of ether oxygens (including phenoxy) is 2. The molecular formula is C25H33ClN2O4. The minimum atomic E-state index is -0.577. The van der Waals surface area contributed by atoms with Crippen LogP contribution in [0.3, 0.4) is 0 Å². The van der Waals surface area contributed by atoms with Crippen molar-refractivity contribution in [2.75, 3.05) is 14.2 Å². The first kappa shape index (κ1) is 25.5. The van der Waals surface area contributed by atoms with Crippen LogP contribution >= 0.6 is 11.6 Å². The molecule has 0 fully saturated rings. The summed E-state index contributed by atoms with van der Waals surface area (Å²) < 4.78 is 10.6. The highest BCUT2D eigenvalue weighted by Crippen LogP contribution is 2.28. The van der Waals surface area contributed by atoms with E-state index < -0.39 is 6.04 Å². The van der Waals surface area contributed by atoms with Crippen LogP contribution in [-0.4, -0.2) is 43.0 Å². The number of aryl methyl sites for hydroxylation is 1. The van der Waals surface area contributed by atoms with Gasteiger partial charge in [-0.3, -0.25) is 9.59 Å². The highest BCUT2D eigenvalue weighted by molar-refractivity contribution is 6.31. The third-order valence-electron chi connectivity index (χ3n) is 5.19. The molecule has 2 rings (SSSR count). The van der Waals surface area contributed by atoms with Gasteiger partial charge in [0.1, 0.15) is 6.04 Å². The van der Waals surface area contributed by atoms with Crippen molar-refractivity contribution in [2.24, 2.45) is 0 Å². The number of halogens is 1. The molecule has 0 bridgehead atoms. The van der Waals surface area contributed by atoms with Crippen molar-refractivity contribution in [3.05, 3.63) is 58.6 Å². The molecule has 174 valence electrons. The summed E-state index contributed by atoms with van der Waals surface area (Å²) in [5.74, 6) is 0.993. The zero-order valence-electron chi connectivity index (χ0n) is 19.5. The maximum atomic E-state index is 13.3. The van der Waals surface area contributed by atoms with Crippen LogP contribution in [0.2, 0.25) is 5.02 Å². The SMILES string of the molecule is CC[C@@H](C(=O)NC(C)C)N(Cc1ccccc1Cl)C(=O)CCc1ccc(OC)c(OC)c1. The molecule has 0 saturated carbocycles. The van der Waals surface area contributed by atoms with Crippen LogP contribution in [0.25, 0.3) is 0 Å². The highest BCUT2D eigenvalue weighted by atomic mass is 35.5. The first-order chi connectivity index (χ1) is 15.3. The molecule has 7 heteroatoms. The molecule has 2 aromatic carbocycles. The van der Waals surface area contributed by atoms with E-state index in [4.69, 9.17) is 21.1 Å². The number of carbonyl (C=O) groups excluding carboxylic acids is 2. The summed E-state index contributed by atoms with van der Waals surface area (Å²) >= 11 is 6.36. The number of nitrogens with zero attached hydrogens (tertiary/aromatic N) is 1. The third kappa shape index (κ3) is 6.89. The average molecular weight is 461 g/mol. The van der Waals surface area contributed by atoms with Crippen LogP contribution in [0.4, 0.5) is 0 Å². The highest BCUT2D eigenvalue weighted by Gasteiger charge is 2.29. The van der Waals surface area contributed by atoms with E-state index in [0.717, 1.165) is 11.1 Å².